The van der Waals surface area contributed by atoms with Gasteiger partial charge in [-0.2, -0.15) is 17.2 Å². The van der Waals surface area contributed by atoms with Gasteiger partial charge in [0.2, 0.25) is 0 Å². The molecule has 0 radical (unpaired) electrons. The predicted octanol–water partition coefficient (Wildman–Crippen LogP) is 3.32. The molecule has 0 aliphatic heterocycles. The van der Waals surface area contributed by atoms with Crippen molar-refractivity contribution in [3.63, 3.8) is 0 Å². The van der Waals surface area contributed by atoms with Gasteiger partial charge >= 0.3 is 27.3 Å². The lowest BCUT2D eigenvalue weighted by Crippen LogP contribution is -2.70. The zero-order chi connectivity index (χ0) is 23.1. The van der Waals surface area contributed by atoms with Crippen LogP contribution in [0, 0.1) is 28.6 Å². The summed E-state index contributed by atoms with van der Waals surface area (Å²) < 4.78 is 68.1. The van der Waals surface area contributed by atoms with Crippen LogP contribution >= 0.6 is 0 Å². The molecule has 6 atom stereocenters. The Morgan fingerprint density at radius 3 is 2.53 bits per heavy atom. The number of halogens is 2. The standard InChI is InChI=1S/C22H22F2O7S/c1-2-12-3-5-13(6-4-12)18(25)30-11-20-8-14-7-15-17(16(9-20)21(14,15)10-20)31-19(26)22(23,24)32(27,28)29/h2-6,14-17H,1,7-11H2,(H,27,28,29). The van der Waals surface area contributed by atoms with Gasteiger partial charge in [0.25, 0.3) is 0 Å². The van der Waals surface area contributed by atoms with Gasteiger partial charge in [-0.25, -0.2) is 9.59 Å². The number of carbonyl (C=O) groups excluding carboxylic acids is 2. The molecule has 10 heteroatoms. The van der Waals surface area contributed by atoms with Gasteiger partial charge in [0.15, 0.2) is 0 Å². The Bertz CT molecular complexity index is 1120. The highest BCUT2D eigenvalue weighted by atomic mass is 32.2. The van der Waals surface area contributed by atoms with Crippen LogP contribution in [-0.2, 0) is 24.4 Å². The van der Waals surface area contributed by atoms with Crippen LogP contribution in [0.2, 0.25) is 0 Å². The topological polar surface area (TPSA) is 107 Å². The number of carbonyl (C=O) groups is 2. The molecule has 32 heavy (non-hydrogen) atoms. The van der Waals surface area contributed by atoms with Crippen LogP contribution in [0.5, 0.6) is 0 Å². The number of fused-ring (bicyclic) bond motifs is 1. The Balaban J connectivity index is 1.25. The number of ether oxygens (including phenoxy) is 2. The minimum absolute atomic E-state index is 0.106. The Kier molecular flexibility index (Phi) is 4.44. The highest BCUT2D eigenvalue weighted by Crippen LogP contribution is 2.84. The molecule has 4 saturated carbocycles. The van der Waals surface area contributed by atoms with Crippen molar-refractivity contribution in [3.05, 3.63) is 42.0 Å². The first-order valence-corrected chi connectivity index (χ1v) is 11.8. The summed E-state index contributed by atoms with van der Waals surface area (Å²) in [5.74, 6) is -2.61. The van der Waals surface area contributed by atoms with Crippen molar-refractivity contribution in [2.75, 3.05) is 6.61 Å². The predicted molar refractivity (Wildman–Crippen MR) is 107 cm³/mol. The minimum atomic E-state index is -5.90. The fraction of sp³-hybridized carbons (Fsp3) is 0.545. The van der Waals surface area contributed by atoms with E-state index >= 15 is 0 Å². The van der Waals surface area contributed by atoms with E-state index in [1.807, 2.05) is 0 Å². The molecule has 4 aliphatic rings. The summed E-state index contributed by atoms with van der Waals surface area (Å²) in [6.07, 6.45) is 3.75. The van der Waals surface area contributed by atoms with E-state index in [1.54, 1.807) is 30.3 Å². The molecular formula is C22H22F2O7S. The zero-order valence-electron chi connectivity index (χ0n) is 17.0. The van der Waals surface area contributed by atoms with Crippen LogP contribution in [0.4, 0.5) is 8.78 Å². The molecular weight excluding hydrogens is 446 g/mol. The second-order valence-corrected chi connectivity index (χ2v) is 11.1. The molecule has 172 valence electrons. The number of benzene rings is 1. The number of esters is 2. The third-order valence-electron chi connectivity index (χ3n) is 8.18. The summed E-state index contributed by atoms with van der Waals surface area (Å²) in [5.41, 5.74) is 0.888. The molecule has 4 fully saturated rings. The molecule has 0 aromatic heterocycles. The van der Waals surface area contributed by atoms with Crippen LogP contribution in [0.15, 0.2) is 30.8 Å². The van der Waals surface area contributed by atoms with Gasteiger partial charge in [-0.3, -0.25) is 4.55 Å². The van der Waals surface area contributed by atoms with Gasteiger partial charge in [-0.1, -0.05) is 24.8 Å². The summed E-state index contributed by atoms with van der Waals surface area (Å²) in [6, 6.07) is 6.84. The van der Waals surface area contributed by atoms with Crippen LogP contribution < -0.4 is 0 Å². The highest BCUT2D eigenvalue weighted by molar-refractivity contribution is 7.87. The number of hydrogen-bond donors (Lipinski definition) is 1. The van der Waals surface area contributed by atoms with E-state index in [0.29, 0.717) is 24.3 Å². The summed E-state index contributed by atoms with van der Waals surface area (Å²) in [4.78, 5) is 24.3. The fourth-order valence-electron chi connectivity index (χ4n) is 6.91. The molecule has 1 N–H and O–H groups in total. The van der Waals surface area contributed by atoms with Crippen molar-refractivity contribution in [1.82, 2.24) is 0 Å². The summed E-state index contributed by atoms with van der Waals surface area (Å²) in [7, 11) is -5.90. The van der Waals surface area contributed by atoms with Gasteiger partial charge < -0.3 is 9.47 Å². The van der Waals surface area contributed by atoms with Crippen molar-refractivity contribution in [2.45, 2.75) is 37.0 Å². The van der Waals surface area contributed by atoms with E-state index in [1.165, 1.54) is 0 Å². The van der Waals surface area contributed by atoms with Crippen molar-refractivity contribution in [3.8, 4) is 0 Å². The lowest BCUT2D eigenvalue weighted by molar-refractivity contribution is -0.273. The molecule has 5 rings (SSSR count). The van der Waals surface area contributed by atoms with Crippen LogP contribution in [-0.4, -0.2) is 42.9 Å². The molecule has 7 nitrogen and oxygen atoms in total. The van der Waals surface area contributed by atoms with Crippen molar-refractivity contribution in [2.24, 2.45) is 28.6 Å². The largest absolute Gasteiger partial charge is 0.465 e. The highest BCUT2D eigenvalue weighted by Gasteiger charge is 2.82. The normalized spacial score (nSPS) is 36.5. The SMILES string of the molecule is C=Cc1ccc(C(=O)OCC23CC4CC5C(OC(=O)C(F)(F)S(=O)(=O)O)C(C2)C45C3)cc1. The minimum Gasteiger partial charge on any atom is -0.462 e. The monoisotopic (exact) mass is 468 g/mol. The van der Waals surface area contributed by atoms with E-state index in [9.17, 15) is 26.8 Å². The molecule has 0 saturated heterocycles. The quantitative estimate of drug-likeness (QED) is 0.483. The first-order chi connectivity index (χ1) is 14.9. The second-order valence-electron chi connectivity index (χ2n) is 9.61. The average molecular weight is 468 g/mol. The molecule has 1 aromatic carbocycles. The van der Waals surface area contributed by atoms with E-state index < -0.39 is 33.4 Å². The van der Waals surface area contributed by atoms with Crippen LogP contribution in [0.3, 0.4) is 0 Å². The molecule has 0 heterocycles. The number of rotatable bonds is 7. The van der Waals surface area contributed by atoms with Crippen molar-refractivity contribution < 1.29 is 40.8 Å². The molecule has 0 amide bonds. The maximum Gasteiger partial charge on any atom is 0.465 e. The van der Waals surface area contributed by atoms with E-state index in [-0.39, 0.29) is 29.3 Å². The van der Waals surface area contributed by atoms with Crippen LogP contribution in [0.1, 0.15) is 41.6 Å². The zero-order valence-corrected chi connectivity index (χ0v) is 17.8. The first kappa shape index (κ1) is 21.5. The second kappa shape index (κ2) is 6.60. The van der Waals surface area contributed by atoms with E-state index in [4.69, 9.17) is 14.0 Å². The Labute approximate surface area is 183 Å². The van der Waals surface area contributed by atoms with Gasteiger partial charge in [0, 0.05) is 17.3 Å². The number of alkyl halides is 2. The smallest absolute Gasteiger partial charge is 0.462 e. The van der Waals surface area contributed by atoms with Gasteiger partial charge in [0.1, 0.15) is 6.10 Å². The summed E-state index contributed by atoms with van der Waals surface area (Å²) in [5, 5.41) is -5.00. The lowest BCUT2D eigenvalue weighted by atomic mass is 9.37. The van der Waals surface area contributed by atoms with Gasteiger partial charge in [-0.15, -0.1) is 0 Å². The van der Waals surface area contributed by atoms with E-state index in [0.717, 1.165) is 18.4 Å². The van der Waals surface area contributed by atoms with Gasteiger partial charge in [-0.05, 0) is 54.7 Å². The van der Waals surface area contributed by atoms with E-state index in [2.05, 4.69) is 6.58 Å². The Morgan fingerprint density at radius 1 is 1.22 bits per heavy atom. The molecule has 4 aliphatic carbocycles. The average Bonchev–Trinajstić information content (AvgIpc) is 3.21. The molecule has 1 aromatic rings. The third-order valence-corrected chi connectivity index (χ3v) is 9.00. The maximum atomic E-state index is 13.6. The van der Waals surface area contributed by atoms with Gasteiger partial charge in [0.05, 0.1) is 12.2 Å². The van der Waals surface area contributed by atoms with Crippen molar-refractivity contribution >= 4 is 28.1 Å². The molecule has 1 spiro atoms. The first-order valence-electron chi connectivity index (χ1n) is 10.4. The van der Waals surface area contributed by atoms with Crippen molar-refractivity contribution in [1.29, 1.82) is 0 Å². The Morgan fingerprint density at radius 2 is 1.91 bits per heavy atom. The maximum absolute atomic E-state index is 13.6. The fourth-order valence-corrected chi connectivity index (χ4v) is 7.17. The Hall–Kier alpha value is -2.33. The van der Waals surface area contributed by atoms with Crippen LogP contribution in [0.25, 0.3) is 6.08 Å². The molecule has 6 unspecified atom stereocenters. The third kappa shape index (κ3) is 2.75. The molecule has 2 bridgehead atoms. The summed E-state index contributed by atoms with van der Waals surface area (Å²) in [6.45, 7) is 3.86. The summed E-state index contributed by atoms with van der Waals surface area (Å²) >= 11 is 0. The lowest BCUT2D eigenvalue weighted by Gasteiger charge is -2.69. The number of hydrogen-bond acceptors (Lipinski definition) is 6.